The molecule has 5 atom stereocenters. The molecule has 0 spiro atoms. The van der Waals surface area contributed by atoms with Crippen LogP contribution >= 0.6 is 0 Å². The molecule has 2 aromatic carbocycles. The maximum atomic E-state index is 15.0. The van der Waals surface area contributed by atoms with Gasteiger partial charge in [0, 0.05) is 36.5 Å². The molecule has 0 bridgehead atoms. The molecule has 0 aliphatic heterocycles. The van der Waals surface area contributed by atoms with Crippen LogP contribution in [0.25, 0.3) is 10.9 Å². The lowest BCUT2D eigenvalue weighted by Crippen LogP contribution is -2.58. The zero-order valence-corrected chi connectivity index (χ0v) is 42.3. The minimum absolute atomic E-state index is 0.0686. The molecule has 3 aromatic rings. The fourth-order valence-corrected chi connectivity index (χ4v) is 13.9. The van der Waals surface area contributed by atoms with Gasteiger partial charge in [-0.3, -0.25) is 19.2 Å². The van der Waals surface area contributed by atoms with Crippen LogP contribution in [0.2, 0.25) is 16.6 Å². The summed E-state index contributed by atoms with van der Waals surface area (Å²) in [7, 11) is -0.796. The predicted molar refractivity (Wildman–Crippen MR) is 262 cm³/mol. The predicted octanol–water partition coefficient (Wildman–Crippen LogP) is 9.85. The number of H-pyrrole nitrogens is 1. The van der Waals surface area contributed by atoms with E-state index in [0.717, 1.165) is 27.8 Å². The fraction of sp³-hybridized carbons (Fsp3) is 0.549. The van der Waals surface area contributed by atoms with Gasteiger partial charge in [-0.25, -0.2) is 4.79 Å². The van der Waals surface area contributed by atoms with Gasteiger partial charge in [0.05, 0.1) is 25.1 Å². The molecule has 0 saturated heterocycles. The highest BCUT2D eigenvalue weighted by Crippen LogP contribution is 2.43. The van der Waals surface area contributed by atoms with Crippen molar-refractivity contribution >= 4 is 49.0 Å². The number of para-hydroxylation sites is 1. The summed E-state index contributed by atoms with van der Waals surface area (Å²) in [6, 6.07) is 11.8. The van der Waals surface area contributed by atoms with Crippen LogP contribution in [0, 0.1) is 5.92 Å². The lowest BCUT2D eigenvalue weighted by atomic mass is 9.99. The molecule has 65 heavy (non-hydrogen) atoms. The van der Waals surface area contributed by atoms with Crippen LogP contribution in [-0.2, 0) is 35.1 Å². The zero-order chi connectivity index (χ0) is 48.8. The van der Waals surface area contributed by atoms with Crippen LogP contribution in [0.3, 0.4) is 0 Å². The Morgan fingerprint density at radius 2 is 1.48 bits per heavy atom. The molecule has 0 aliphatic rings. The number of hydrogen-bond acceptors (Lipinski definition) is 8. The number of ether oxygens (including phenoxy) is 2. The standard InChI is InChI=1S/C51H77N5O8Si/c1-16-17-20-37(11)62-46(57)29-43(38-23-25-40(26-24-38)64-65(33(4)5,34(6)7)35(8)9)54-48(59)45(28-39-30-52-42-22-19-18-21-41(39)42)56(15)49(60)44(31-53-50(61)63-51(12,13)14)55-47(58)36(10)27-32(2)3/h16,18-19,21-26,30,33-37,43-45,52H,1-2,17,20,27-29,31H2,3-15H3,(H,53,61)(H,54,59)(H,55,58)/t36-,37-,43+,44-,45+/m0/s1. The van der Waals surface area contributed by atoms with E-state index in [1.54, 1.807) is 40.0 Å². The third-order valence-corrected chi connectivity index (χ3v) is 17.9. The third kappa shape index (κ3) is 15.6. The Bertz CT molecular complexity index is 2070. The average molecular weight is 916 g/mol. The van der Waals surface area contributed by atoms with Gasteiger partial charge in [-0.05, 0) is 99.8 Å². The van der Waals surface area contributed by atoms with Gasteiger partial charge < -0.3 is 39.7 Å². The number of aromatic nitrogens is 1. The maximum absolute atomic E-state index is 15.0. The number of likely N-dealkylation sites (N-methyl/N-ethyl adjacent to an activating group) is 1. The number of hydrogen-bond donors (Lipinski definition) is 4. The van der Waals surface area contributed by atoms with Crippen molar-refractivity contribution < 1.29 is 37.9 Å². The first kappa shape index (κ1) is 54.0. The molecule has 3 rings (SSSR count). The third-order valence-electron chi connectivity index (χ3n) is 11.9. The van der Waals surface area contributed by atoms with Gasteiger partial charge in [0.2, 0.25) is 17.7 Å². The summed E-state index contributed by atoms with van der Waals surface area (Å²) in [5.41, 5.74) is 3.28. The van der Waals surface area contributed by atoms with Crippen molar-refractivity contribution in [2.75, 3.05) is 13.6 Å². The molecule has 13 nitrogen and oxygen atoms in total. The summed E-state index contributed by atoms with van der Waals surface area (Å²) in [6.07, 6.45) is 3.94. The van der Waals surface area contributed by atoms with Gasteiger partial charge >= 0.3 is 12.1 Å². The lowest BCUT2D eigenvalue weighted by molar-refractivity contribution is -0.149. The second kappa shape index (κ2) is 24.2. The number of alkyl carbamates (subject to hydrolysis) is 1. The fourth-order valence-electron chi connectivity index (χ4n) is 8.64. The van der Waals surface area contributed by atoms with Gasteiger partial charge in [-0.2, -0.15) is 0 Å². The molecule has 1 heterocycles. The Balaban J connectivity index is 2.10. The molecule has 0 unspecified atom stereocenters. The normalized spacial score (nSPS) is 14.2. The highest BCUT2D eigenvalue weighted by molar-refractivity contribution is 6.78. The number of allylic oxidation sites excluding steroid dienone is 2. The minimum Gasteiger partial charge on any atom is -0.543 e. The average Bonchev–Trinajstić information content (AvgIpc) is 3.63. The summed E-state index contributed by atoms with van der Waals surface area (Å²) in [5.74, 6) is -1.91. The highest BCUT2D eigenvalue weighted by Gasteiger charge is 2.47. The number of amides is 4. The molecule has 1 aromatic heterocycles. The number of fused-ring (bicyclic) bond motifs is 1. The van der Waals surface area contributed by atoms with E-state index in [1.165, 1.54) is 11.9 Å². The van der Waals surface area contributed by atoms with E-state index >= 15 is 0 Å². The number of esters is 1. The van der Waals surface area contributed by atoms with E-state index in [1.807, 2.05) is 62.4 Å². The number of nitrogens with zero attached hydrogens (tertiary/aromatic N) is 1. The van der Waals surface area contributed by atoms with Crippen molar-refractivity contribution in [3.05, 3.63) is 90.7 Å². The van der Waals surface area contributed by atoms with E-state index in [-0.39, 0.29) is 25.5 Å². The molecule has 0 saturated carbocycles. The summed E-state index contributed by atoms with van der Waals surface area (Å²) >= 11 is 0. The topological polar surface area (TPSA) is 168 Å². The van der Waals surface area contributed by atoms with Gasteiger partial charge in [0.1, 0.15) is 23.4 Å². The van der Waals surface area contributed by atoms with Gasteiger partial charge in [-0.1, -0.05) is 90.4 Å². The molecular formula is C51H77N5O8Si. The van der Waals surface area contributed by atoms with E-state index in [2.05, 4.69) is 75.6 Å². The zero-order valence-electron chi connectivity index (χ0n) is 41.3. The van der Waals surface area contributed by atoms with Crippen LogP contribution in [0.5, 0.6) is 5.75 Å². The summed E-state index contributed by atoms with van der Waals surface area (Å²) in [4.78, 5) is 74.2. The largest absolute Gasteiger partial charge is 0.543 e. The second-order valence-corrected chi connectivity index (χ2v) is 24.8. The Morgan fingerprint density at radius 1 is 0.862 bits per heavy atom. The number of benzene rings is 2. The van der Waals surface area contributed by atoms with Crippen molar-refractivity contribution in [1.82, 2.24) is 25.8 Å². The number of carbonyl (C=O) groups is 5. The van der Waals surface area contributed by atoms with Crippen LogP contribution < -0.4 is 20.4 Å². The van der Waals surface area contributed by atoms with Crippen LogP contribution in [0.4, 0.5) is 4.79 Å². The number of aromatic amines is 1. The first-order chi connectivity index (χ1) is 30.4. The number of nitrogens with one attached hydrogen (secondary N) is 4. The SMILES string of the molecule is C=CCC[C@H](C)OC(=O)C[C@@H](NC(=O)[C@@H](Cc1c[nH]c2ccccc12)N(C)C(=O)[C@H](CNC(=O)OC(C)(C)C)NC(=O)[C@@H](C)CC(=C)C)c1ccc(O[Si](C(C)C)(C(C)C)C(C)C)cc1. The summed E-state index contributed by atoms with van der Waals surface area (Å²) < 4.78 is 18.2. The first-order valence-electron chi connectivity index (χ1n) is 23.0. The first-order valence-corrected chi connectivity index (χ1v) is 25.2. The monoisotopic (exact) mass is 916 g/mol. The Morgan fingerprint density at radius 3 is 2.05 bits per heavy atom. The van der Waals surface area contributed by atoms with Crippen LogP contribution in [0.1, 0.15) is 126 Å². The van der Waals surface area contributed by atoms with Crippen molar-refractivity contribution in [3.63, 3.8) is 0 Å². The van der Waals surface area contributed by atoms with Crippen LogP contribution in [-0.4, -0.2) is 85.4 Å². The molecule has 4 amide bonds. The Kier molecular flexibility index (Phi) is 20.1. The molecule has 0 aliphatic carbocycles. The van der Waals surface area contributed by atoms with Gasteiger partial charge in [0.25, 0.3) is 8.32 Å². The molecule has 0 radical (unpaired) electrons. The summed E-state index contributed by atoms with van der Waals surface area (Å²) in [5, 5.41) is 9.42. The summed E-state index contributed by atoms with van der Waals surface area (Å²) in [6.45, 7) is 31.2. The van der Waals surface area contributed by atoms with Gasteiger partial charge in [-0.15, -0.1) is 13.2 Å². The number of rotatable bonds is 24. The van der Waals surface area contributed by atoms with Crippen molar-refractivity contribution in [1.29, 1.82) is 0 Å². The highest BCUT2D eigenvalue weighted by atomic mass is 28.4. The van der Waals surface area contributed by atoms with E-state index in [4.69, 9.17) is 13.9 Å². The quantitative estimate of drug-likeness (QED) is 0.0391. The van der Waals surface area contributed by atoms with Crippen molar-refractivity contribution in [3.8, 4) is 5.75 Å². The van der Waals surface area contributed by atoms with Crippen molar-refractivity contribution in [2.24, 2.45) is 5.92 Å². The molecule has 0 fully saturated rings. The van der Waals surface area contributed by atoms with Crippen molar-refractivity contribution in [2.45, 2.75) is 162 Å². The lowest BCUT2D eigenvalue weighted by Gasteiger charge is -2.42. The van der Waals surface area contributed by atoms with E-state index in [9.17, 15) is 24.0 Å². The second-order valence-electron chi connectivity index (χ2n) is 19.5. The molecular weight excluding hydrogens is 839 g/mol. The molecule has 358 valence electrons. The molecule has 14 heteroatoms. The minimum atomic E-state index is -2.29. The Labute approximate surface area is 389 Å². The smallest absolute Gasteiger partial charge is 0.407 e. The van der Waals surface area contributed by atoms with E-state index in [0.29, 0.717) is 41.4 Å². The van der Waals surface area contributed by atoms with Gasteiger partial charge in [0.15, 0.2) is 0 Å². The Hall–Kier alpha value is -5.37. The number of carbonyl (C=O) groups excluding carboxylic acids is 5. The van der Waals surface area contributed by atoms with E-state index < -0.39 is 67.7 Å². The maximum Gasteiger partial charge on any atom is 0.407 e. The van der Waals surface area contributed by atoms with Crippen LogP contribution in [0.15, 0.2) is 79.5 Å². The molecule has 4 N–H and O–H groups in total.